The first-order valence-corrected chi connectivity index (χ1v) is 14.6. The Morgan fingerprint density at radius 2 is 1.82 bits per heavy atom. The van der Waals surface area contributed by atoms with Gasteiger partial charge in [0.05, 0.1) is 17.1 Å². The highest BCUT2D eigenvalue weighted by Crippen LogP contribution is 2.38. The van der Waals surface area contributed by atoms with Crippen molar-refractivity contribution in [2.24, 2.45) is 0 Å². The Morgan fingerprint density at radius 1 is 1.08 bits per heavy atom. The highest BCUT2D eigenvalue weighted by atomic mass is 19.1. The van der Waals surface area contributed by atoms with Crippen molar-refractivity contribution in [1.82, 2.24) is 29.5 Å². The summed E-state index contributed by atoms with van der Waals surface area (Å²) in [6.07, 6.45) is 10.1. The van der Waals surface area contributed by atoms with Crippen LogP contribution in [-0.2, 0) is 6.42 Å². The summed E-state index contributed by atoms with van der Waals surface area (Å²) in [7, 11) is 2.21. The molecule has 1 saturated heterocycles. The summed E-state index contributed by atoms with van der Waals surface area (Å²) in [5.41, 5.74) is 8.14. The van der Waals surface area contributed by atoms with E-state index >= 15 is 0 Å². The van der Waals surface area contributed by atoms with E-state index in [-0.39, 0.29) is 11.7 Å². The molecule has 3 heterocycles. The number of unbranched alkanes of at least 4 members (excludes halogenated alkanes) is 2. The molecule has 210 valence electrons. The number of benzene rings is 1. The molecule has 5 rings (SSSR count). The normalized spacial score (nSPS) is 20.9. The number of allylic oxidation sites excluding steroid dienone is 1. The van der Waals surface area contributed by atoms with Crippen LogP contribution < -0.4 is 11.1 Å². The van der Waals surface area contributed by atoms with Crippen LogP contribution in [0.25, 0.3) is 22.3 Å². The zero-order valence-corrected chi connectivity index (χ0v) is 23.5. The first-order chi connectivity index (χ1) is 19.0. The molecule has 2 aromatic heterocycles. The van der Waals surface area contributed by atoms with E-state index in [1.54, 1.807) is 6.07 Å². The third-order valence-electron chi connectivity index (χ3n) is 8.34. The van der Waals surface area contributed by atoms with Gasteiger partial charge in [-0.15, -0.1) is 6.58 Å². The van der Waals surface area contributed by atoms with Gasteiger partial charge in [0.15, 0.2) is 5.65 Å². The Labute approximate surface area is 231 Å². The number of hydrogen-bond donors (Lipinski definition) is 2. The maximum Gasteiger partial charge on any atom is 0.164 e. The molecule has 0 spiro atoms. The largest absolute Gasteiger partial charge is 0.396 e. The molecule has 39 heavy (non-hydrogen) atoms. The average Bonchev–Trinajstić information content (AvgIpc) is 3.33. The quantitative estimate of drug-likeness (QED) is 0.208. The van der Waals surface area contributed by atoms with Crippen LogP contribution in [0.2, 0.25) is 0 Å². The van der Waals surface area contributed by atoms with Gasteiger partial charge in [-0.05, 0) is 51.3 Å². The van der Waals surface area contributed by atoms with E-state index in [1.807, 2.05) is 12.1 Å². The molecule has 0 radical (unpaired) electrons. The maximum absolute atomic E-state index is 14.6. The average molecular weight is 535 g/mol. The molecule has 8 nitrogen and oxygen atoms in total. The van der Waals surface area contributed by atoms with Crippen molar-refractivity contribution < 1.29 is 4.39 Å². The SMILES string of the molecule is C=CCc1nc(NCCCCC)c2c(-c3ccc(N)c(F)c3)nn([C@H]3CC[C@@H](N4CCN(C)CC4)CC3)c2n1. The van der Waals surface area contributed by atoms with Crippen LogP contribution in [0, 0.1) is 5.82 Å². The van der Waals surface area contributed by atoms with Crippen molar-refractivity contribution in [2.75, 3.05) is 50.8 Å². The first kappa shape index (κ1) is 27.5. The standard InChI is InChI=1S/C30H43FN8/c1-4-6-7-15-33-29-27-28(21-9-14-25(32)24(31)20-21)36-39(30(27)35-26(34-29)8-5-2)23-12-10-22(11-13-23)38-18-16-37(3)17-19-38/h5,9,14,20,22-23H,2,4,6-8,10-13,15-19,32H2,1,3H3,(H,33,34,35)/t22-,23+. The van der Waals surface area contributed by atoms with E-state index in [1.165, 1.54) is 6.07 Å². The fourth-order valence-corrected chi connectivity index (χ4v) is 6.00. The number of rotatable bonds is 10. The van der Waals surface area contributed by atoms with Crippen molar-refractivity contribution in [2.45, 2.75) is 70.4 Å². The lowest BCUT2D eigenvalue weighted by atomic mass is 9.90. The van der Waals surface area contributed by atoms with Crippen LogP contribution in [0.15, 0.2) is 30.9 Å². The minimum absolute atomic E-state index is 0.132. The molecule has 1 aliphatic carbocycles. The summed E-state index contributed by atoms with van der Waals surface area (Å²) < 4.78 is 16.7. The van der Waals surface area contributed by atoms with E-state index in [9.17, 15) is 4.39 Å². The number of halogens is 1. The van der Waals surface area contributed by atoms with Crippen molar-refractivity contribution in [3.8, 4) is 11.3 Å². The second kappa shape index (κ2) is 12.4. The number of anilines is 2. The van der Waals surface area contributed by atoms with Gasteiger partial charge in [-0.2, -0.15) is 5.10 Å². The number of hydrogen-bond acceptors (Lipinski definition) is 7. The highest BCUT2D eigenvalue weighted by Gasteiger charge is 2.31. The zero-order chi connectivity index (χ0) is 27.4. The zero-order valence-electron chi connectivity index (χ0n) is 23.5. The van der Waals surface area contributed by atoms with Crippen LogP contribution in [0.5, 0.6) is 0 Å². The third-order valence-corrected chi connectivity index (χ3v) is 8.34. The van der Waals surface area contributed by atoms with Gasteiger partial charge in [0.25, 0.3) is 0 Å². The number of aromatic nitrogens is 4. The number of nitrogens with zero attached hydrogens (tertiary/aromatic N) is 6. The lowest BCUT2D eigenvalue weighted by Crippen LogP contribution is -2.49. The van der Waals surface area contributed by atoms with Gasteiger partial charge in [-0.3, -0.25) is 4.90 Å². The summed E-state index contributed by atoms with van der Waals surface area (Å²) in [4.78, 5) is 14.9. The predicted molar refractivity (Wildman–Crippen MR) is 157 cm³/mol. The molecule has 3 aromatic rings. The van der Waals surface area contributed by atoms with Crippen molar-refractivity contribution in [3.63, 3.8) is 0 Å². The second-order valence-electron chi connectivity index (χ2n) is 11.1. The van der Waals surface area contributed by atoms with Gasteiger partial charge in [0.2, 0.25) is 0 Å². The fraction of sp³-hybridized carbons (Fsp3) is 0.567. The highest BCUT2D eigenvalue weighted by molar-refractivity contribution is 5.99. The minimum Gasteiger partial charge on any atom is -0.396 e. The van der Waals surface area contributed by atoms with Gasteiger partial charge in [-0.1, -0.05) is 31.9 Å². The number of nitrogens with one attached hydrogen (secondary N) is 1. The van der Waals surface area contributed by atoms with E-state index in [2.05, 4.69) is 40.3 Å². The van der Waals surface area contributed by atoms with Crippen molar-refractivity contribution in [3.05, 3.63) is 42.5 Å². The van der Waals surface area contributed by atoms with E-state index in [0.717, 1.165) is 100 Å². The van der Waals surface area contributed by atoms with Gasteiger partial charge in [0.1, 0.15) is 23.2 Å². The molecule has 2 fully saturated rings. The Balaban J connectivity index is 1.51. The first-order valence-electron chi connectivity index (χ1n) is 14.6. The molecule has 0 amide bonds. The Morgan fingerprint density at radius 3 is 2.51 bits per heavy atom. The van der Waals surface area contributed by atoms with E-state index in [0.29, 0.717) is 23.7 Å². The maximum atomic E-state index is 14.6. The summed E-state index contributed by atoms with van der Waals surface area (Å²) in [6.45, 7) is 11.5. The number of nitrogen functional groups attached to an aromatic ring is 1. The van der Waals surface area contributed by atoms with Gasteiger partial charge in [0, 0.05) is 50.7 Å². The molecule has 0 unspecified atom stereocenters. The van der Waals surface area contributed by atoms with Crippen molar-refractivity contribution in [1.29, 1.82) is 0 Å². The third kappa shape index (κ3) is 6.09. The van der Waals surface area contributed by atoms with Crippen LogP contribution in [-0.4, -0.2) is 75.4 Å². The lowest BCUT2D eigenvalue weighted by molar-refractivity contribution is 0.0815. The van der Waals surface area contributed by atoms with Crippen molar-refractivity contribution >= 4 is 22.5 Å². The number of likely N-dealkylation sites (N-methyl/N-ethyl adjacent to an activating group) is 1. The molecular formula is C30H43FN8. The molecular weight excluding hydrogens is 491 g/mol. The minimum atomic E-state index is -0.440. The van der Waals surface area contributed by atoms with Gasteiger partial charge in [-0.25, -0.2) is 19.0 Å². The number of piperazine rings is 1. The van der Waals surface area contributed by atoms with E-state index in [4.69, 9.17) is 20.8 Å². The molecule has 9 heteroatoms. The molecule has 0 bridgehead atoms. The fourth-order valence-electron chi connectivity index (χ4n) is 6.00. The second-order valence-corrected chi connectivity index (χ2v) is 11.1. The monoisotopic (exact) mass is 534 g/mol. The summed E-state index contributed by atoms with van der Waals surface area (Å²) >= 11 is 0. The van der Waals surface area contributed by atoms with Crippen LogP contribution in [0.3, 0.4) is 0 Å². The van der Waals surface area contributed by atoms with Gasteiger partial charge < -0.3 is 16.0 Å². The van der Waals surface area contributed by atoms with Crippen LogP contribution in [0.1, 0.15) is 63.7 Å². The Hall–Kier alpha value is -3.04. The predicted octanol–water partition coefficient (Wildman–Crippen LogP) is 5.28. The molecule has 2 aliphatic rings. The molecule has 1 aliphatic heterocycles. The summed E-state index contributed by atoms with van der Waals surface area (Å²) in [5.74, 6) is 1.04. The lowest BCUT2D eigenvalue weighted by Gasteiger charge is -2.41. The molecule has 1 saturated carbocycles. The number of fused-ring (bicyclic) bond motifs is 1. The molecule has 3 N–H and O–H groups in total. The van der Waals surface area contributed by atoms with Gasteiger partial charge >= 0.3 is 0 Å². The Bertz CT molecular complexity index is 1270. The van der Waals surface area contributed by atoms with E-state index < -0.39 is 5.82 Å². The summed E-state index contributed by atoms with van der Waals surface area (Å²) in [6, 6.07) is 5.79. The molecule has 1 aromatic carbocycles. The summed E-state index contributed by atoms with van der Waals surface area (Å²) in [5, 5.41) is 9.54. The number of nitrogens with two attached hydrogens (primary N) is 1. The molecule has 0 atom stereocenters. The smallest absolute Gasteiger partial charge is 0.164 e. The van der Waals surface area contributed by atoms with Crippen LogP contribution >= 0.6 is 0 Å². The van der Waals surface area contributed by atoms with Crippen LogP contribution in [0.4, 0.5) is 15.9 Å². The Kier molecular flexibility index (Phi) is 8.77. The topological polar surface area (TPSA) is 88.1 Å².